The molecule has 2 aromatic heterocycles. The smallest absolute Gasteiger partial charge is 0.275 e. The lowest BCUT2D eigenvalue weighted by Crippen LogP contribution is -2.40. The number of halogens is 1. The fraction of sp³-hybridized carbons (Fsp3) is 0.400. The van der Waals surface area contributed by atoms with Gasteiger partial charge in [-0.25, -0.2) is 9.97 Å². The Bertz CT molecular complexity index is 1360. The summed E-state index contributed by atoms with van der Waals surface area (Å²) in [6.45, 7) is 4.15. The summed E-state index contributed by atoms with van der Waals surface area (Å²) in [6, 6.07) is 4.98. The van der Waals surface area contributed by atoms with Gasteiger partial charge in [0.15, 0.2) is 11.4 Å². The highest BCUT2D eigenvalue weighted by Crippen LogP contribution is 2.49. The number of carbonyl (C=O) groups excluding carboxylic acids is 1. The van der Waals surface area contributed by atoms with Crippen molar-refractivity contribution in [3.63, 3.8) is 0 Å². The number of amides is 1. The van der Waals surface area contributed by atoms with Gasteiger partial charge in [-0.3, -0.25) is 14.4 Å². The van der Waals surface area contributed by atoms with Crippen molar-refractivity contribution >= 4 is 38.9 Å². The Kier molecular flexibility index (Phi) is 6.68. The molecule has 10 heteroatoms. The summed E-state index contributed by atoms with van der Waals surface area (Å²) in [5.74, 6) is -0.881. The van der Waals surface area contributed by atoms with Crippen LogP contribution < -0.4 is 21.5 Å². The van der Waals surface area contributed by atoms with Crippen LogP contribution in [0.15, 0.2) is 38.6 Å². The first kappa shape index (κ1) is 24.8. The van der Waals surface area contributed by atoms with E-state index in [4.69, 9.17) is 4.98 Å². The topological polar surface area (TPSA) is 125 Å². The second kappa shape index (κ2) is 9.41. The van der Waals surface area contributed by atoms with Gasteiger partial charge in [0.05, 0.1) is 17.4 Å². The standard InChI is InChI=1S/C25H28BrN5O4/c1-13-7-8-15(26)29-16(13)23(25(2)10-5-6-11-25)30-18-17(21(33)22(18)34)28-14-9-12-27-19(20(14)32)24(35)31(3)4/h7-9,12,23,30,32H,5-6,10-11H2,1-4H3,(H,27,28)/t23-/m0/s1. The molecule has 0 bridgehead atoms. The number of carbonyl (C=O) groups is 1. The number of aryl methyl sites for hydroxylation is 1. The highest BCUT2D eigenvalue weighted by atomic mass is 79.9. The summed E-state index contributed by atoms with van der Waals surface area (Å²) in [5, 5.41) is 16.8. The van der Waals surface area contributed by atoms with Crippen LogP contribution in [-0.4, -0.2) is 40.0 Å². The van der Waals surface area contributed by atoms with Crippen molar-refractivity contribution in [3.05, 3.63) is 66.4 Å². The minimum Gasteiger partial charge on any atom is -0.504 e. The van der Waals surface area contributed by atoms with Gasteiger partial charge in [0.25, 0.3) is 16.8 Å². The first-order valence-electron chi connectivity index (χ1n) is 11.4. The number of aromatic nitrogens is 2. The number of anilines is 3. The Morgan fingerprint density at radius 2 is 1.80 bits per heavy atom. The molecule has 1 amide bonds. The average molecular weight is 542 g/mol. The quantitative estimate of drug-likeness (QED) is 0.302. The van der Waals surface area contributed by atoms with Crippen LogP contribution in [0.25, 0.3) is 0 Å². The molecule has 0 radical (unpaired) electrons. The van der Waals surface area contributed by atoms with Crippen molar-refractivity contribution in [2.24, 2.45) is 5.41 Å². The van der Waals surface area contributed by atoms with Gasteiger partial charge in [-0.05, 0) is 58.8 Å². The second-order valence-electron chi connectivity index (χ2n) is 9.56. The molecule has 35 heavy (non-hydrogen) atoms. The summed E-state index contributed by atoms with van der Waals surface area (Å²) in [6.07, 6.45) is 5.42. The number of pyridine rings is 2. The monoisotopic (exact) mass is 541 g/mol. The van der Waals surface area contributed by atoms with Gasteiger partial charge in [-0.1, -0.05) is 25.8 Å². The summed E-state index contributed by atoms with van der Waals surface area (Å²) < 4.78 is 0.689. The normalized spacial score (nSPS) is 15.7. The Labute approximate surface area is 211 Å². The lowest BCUT2D eigenvalue weighted by molar-refractivity contribution is 0.0819. The van der Waals surface area contributed by atoms with Crippen LogP contribution in [0, 0.1) is 12.3 Å². The largest absolute Gasteiger partial charge is 0.504 e. The Hall–Kier alpha value is -3.27. The van der Waals surface area contributed by atoms with Crippen LogP contribution in [-0.2, 0) is 0 Å². The second-order valence-corrected chi connectivity index (χ2v) is 10.4. The molecule has 0 saturated heterocycles. The molecular weight excluding hydrogens is 514 g/mol. The van der Waals surface area contributed by atoms with E-state index in [1.165, 1.54) is 17.2 Å². The highest BCUT2D eigenvalue weighted by Gasteiger charge is 2.41. The fourth-order valence-electron chi connectivity index (χ4n) is 4.71. The zero-order valence-electron chi connectivity index (χ0n) is 20.1. The predicted molar refractivity (Wildman–Crippen MR) is 138 cm³/mol. The number of hydrogen-bond donors (Lipinski definition) is 3. The Morgan fingerprint density at radius 3 is 2.46 bits per heavy atom. The van der Waals surface area contributed by atoms with E-state index in [1.54, 1.807) is 14.1 Å². The molecule has 1 saturated carbocycles. The highest BCUT2D eigenvalue weighted by molar-refractivity contribution is 9.10. The van der Waals surface area contributed by atoms with Crippen molar-refractivity contribution in [3.8, 4) is 5.75 Å². The van der Waals surface area contributed by atoms with E-state index in [0.717, 1.165) is 36.9 Å². The minimum absolute atomic E-state index is 0.0407. The zero-order chi connectivity index (χ0) is 25.5. The van der Waals surface area contributed by atoms with E-state index >= 15 is 0 Å². The molecule has 1 aromatic carbocycles. The Morgan fingerprint density at radius 1 is 1.14 bits per heavy atom. The van der Waals surface area contributed by atoms with Crippen LogP contribution in [0.5, 0.6) is 5.75 Å². The van der Waals surface area contributed by atoms with E-state index in [2.05, 4.69) is 38.5 Å². The first-order valence-corrected chi connectivity index (χ1v) is 12.2. The maximum absolute atomic E-state index is 12.7. The molecule has 0 spiro atoms. The lowest BCUT2D eigenvalue weighted by atomic mass is 9.77. The average Bonchev–Trinajstić information content (AvgIpc) is 3.27. The predicted octanol–water partition coefficient (Wildman–Crippen LogP) is 4.03. The molecule has 3 N–H and O–H groups in total. The van der Waals surface area contributed by atoms with Crippen molar-refractivity contribution < 1.29 is 9.90 Å². The Balaban J connectivity index is 1.72. The van der Waals surface area contributed by atoms with Gasteiger partial charge in [0.2, 0.25) is 0 Å². The molecule has 9 nitrogen and oxygen atoms in total. The molecular formula is C25H28BrN5O4. The summed E-state index contributed by atoms with van der Waals surface area (Å²) in [7, 11) is 3.09. The molecule has 1 aliphatic carbocycles. The molecule has 1 fully saturated rings. The molecule has 2 heterocycles. The number of nitrogens with one attached hydrogen (secondary N) is 2. The number of nitrogens with zero attached hydrogens (tertiary/aromatic N) is 3. The SMILES string of the molecule is Cc1ccc(Br)nc1[C@H](Nc1c(Nc2ccnc(C(=O)N(C)C)c2O)c(=O)c1=O)C1(C)CCCC1. The van der Waals surface area contributed by atoms with Crippen LogP contribution in [0.3, 0.4) is 0 Å². The van der Waals surface area contributed by atoms with E-state index in [-0.39, 0.29) is 34.2 Å². The van der Waals surface area contributed by atoms with E-state index in [1.807, 2.05) is 19.1 Å². The van der Waals surface area contributed by atoms with Crippen LogP contribution in [0.4, 0.5) is 17.1 Å². The van der Waals surface area contributed by atoms with Crippen molar-refractivity contribution in [2.45, 2.75) is 45.6 Å². The maximum atomic E-state index is 12.7. The van der Waals surface area contributed by atoms with Crippen molar-refractivity contribution in [1.29, 1.82) is 0 Å². The summed E-state index contributed by atoms with van der Waals surface area (Å²) in [5.41, 5.74) is 0.436. The van der Waals surface area contributed by atoms with E-state index in [0.29, 0.717) is 4.60 Å². The third kappa shape index (κ3) is 4.54. The van der Waals surface area contributed by atoms with E-state index in [9.17, 15) is 19.5 Å². The molecule has 1 atom stereocenters. The van der Waals surface area contributed by atoms with Crippen LogP contribution in [0.2, 0.25) is 0 Å². The van der Waals surface area contributed by atoms with Gasteiger partial charge in [0.1, 0.15) is 16.0 Å². The minimum atomic E-state index is -0.696. The van der Waals surface area contributed by atoms with Gasteiger partial charge >= 0.3 is 0 Å². The lowest BCUT2D eigenvalue weighted by Gasteiger charge is -2.36. The zero-order valence-corrected chi connectivity index (χ0v) is 21.7. The third-order valence-corrected chi connectivity index (χ3v) is 7.25. The fourth-order valence-corrected chi connectivity index (χ4v) is 5.03. The first-order chi connectivity index (χ1) is 16.5. The van der Waals surface area contributed by atoms with Gasteiger partial charge in [-0.2, -0.15) is 0 Å². The number of aromatic hydroxyl groups is 1. The molecule has 1 aliphatic rings. The summed E-state index contributed by atoms with van der Waals surface area (Å²) in [4.78, 5) is 47.5. The van der Waals surface area contributed by atoms with Crippen LogP contribution >= 0.6 is 15.9 Å². The van der Waals surface area contributed by atoms with Gasteiger partial charge in [0, 0.05) is 20.3 Å². The van der Waals surface area contributed by atoms with Crippen LogP contribution in [0.1, 0.15) is 60.4 Å². The molecule has 0 unspecified atom stereocenters. The maximum Gasteiger partial charge on any atom is 0.275 e. The van der Waals surface area contributed by atoms with Crippen molar-refractivity contribution in [1.82, 2.24) is 14.9 Å². The third-order valence-electron chi connectivity index (χ3n) is 6.81. The van der Waals surface area contributed by atoms with E-state index < -0.39 is 22.5 Å². The molecule has 0 aliphatic heterocycles. The molecule has 4 rings (SSSR count). The van der Waals surface area contributed by atoms with Gasteiger partial charge < -0.3 is 20.6 Å². The van der Waals surface area contributed by atoms with Gasteiger partial charge in [-0.15, -0.1) is 0 Å². The number of hydrogen-bond acceptors (Lipinski definition) is 8. The molecule has 184 valence electrons. The molecule has 3 aromatic rings. The van der Waals surface area contributed by atoms with Crippen molar-refractivity contribution in [2.75, 3.05) is 24.7 Å². The summed E-state index contributed by atoms with van der Waals surface area (Å²) >= 11 is 3.45. The number of rotatable bonds is 7.